The average Bonchev–Trinajstić information content (AvgIpc) is 3.32. The van der Waals surface area contributed by atoms with Crippen LogP contribution in [0.1, 0.15) is 6.42 Å². The van der Waals surface area contributed by atoms with Crippen molar-refractivity contribution in [3.63, 3.8) is 0 Å². The van der Waals surface area contributed by atoms with E-state index in [1.165, 1.54) is 0 Å². The first-order valence-corrected chi connectivity index (χ1v) is 10.5. The van der Waals surface area contributed by atoms with Gasteiger partial charge in [-0.1, -0.05) is 30.3 Å². The molecule has 0 aliphatic carbocycles. The second-order valence-corrected chi connectivity index (χ2v) is 8.31. The van der Waals surface area contributed by atoms with E-state index < -0.39 is 10.0 Å². The first-order chi connectivity index (χ1) is 13.5. The molecule has 4 rings (SSSR count). The lowest BCUT2D eigenvalue weighted by molar-refractivity contribution is 0.560. The van der Waals surface area contributed by atoms with Crippen LogP contribution in [-0.2, 0) is 23.6 Å². The summed E-state index contributed by atoms with van der Waals surface area (Å²) in [5.41, 5.74) is 2.72. The average molecular weight is 395 g/mol. The topological polar surface area (TPSA) is 81.8 Å². The Labute approximate surface area is 163 Å². The molecule has 144 valence electrons. The molecule has 0 atom stereocenters. The van der Waals surface area contributed by atoms with Crippen molar-refractivity contribution in [2.24, 2.45) is 7.05 Å². The molecule has 4 aromatic rings. The molecule has 7 nitrogen and oxygen atoms in total. The lowest BCUT2D eigenvalue weighted by atomic mass is 10.1. The summed E-state index contributed by atoms with van der Waals surface area (Å²) in [5, 5.41) is 9.58. The molecule has 0 radical (unpaired) electrons. The highest BCUT2D eigenvalue weighted by Gasteiger charge is 2.15. The van der Waals surface area contributed by atoms with Crippen molar-refractivity contribution in [2.75, 3.05) is 6.54 Å². The lowest BCUT2D eigenvalue weighted by Crippen LogP contribution is -2.25. The van der Waals surface area contributed by atoms with E-state index in [9.17, 15) is 8.42 Å². The number of nitrogens with zero attached hydrogens (tertiary/aromatic N) is 4. The first-order valence-electron chi connectivity index (χ1n) is 9.03. The summed E-state index contributed by atoms with van der Waals surface area (Å²) in [6.45, 7) is 0.984. The third-order valence-corrected chi connectivity index (χ3v) is 6.11. The minimum atomic E-state index is -3.58. The van der Waals surface area contributed by atoms with Crippen molar-refractivity contribution in [3.8, 4) is 11.3 Å². The van der Waals surface area contributed by atoms with Gasteiger partial charge in [0.2, 0.25) is 10.0 Å². The molecular formula is C20H21N5O2S. The first kappa shape index (κ1) is 18.4. The number of fused-ring (bicyclic) bond motifs is 1. The fourth-order valence-corrected chi connectivity index (χ4v) is 4.32. The van der Waals surface area contributed by atoms with E-state index in [2.05, 4.69) is 14.9 Å². The van der Waals surface area contributed by atoms with E-state index in [0.717, 1.165) is 22.2 Å². The number of aromatic nitrogens is 4. The monoisotopic (exact) mass is 395 g/mol. The van der Waals surface area contributed by atoms with Gasteiger partial charge >= 0.3 is 0 Å². The van der Waals surface area contributed by atoms with Gasteiger partial charge in [0, 0.05) is 37.3 Å². The van der Waals surface area contributed by atoms with Gasteiger partial charge in [-0.3, -0.25) is 9.36 Å². The Morgan fingerprint density at radius 1 is 1.04 bits per heavy atom. The zero-order valence-corrected chi connectivity index (χ0v) is 16.3. The molecule has 2 heterocycles. The Morgan fingerprint density at radius 2 is 1.89 bits per heavy atom. The third kappa shape index (κ3) is 3.69. The third-order valence-electron chi connectivity index (χ3n) is 4.65. The molecule has 0 aliphatic rings. The maximum atomic E-state index is 12.7. The highest BCUT2D eigenvalue weighted by atomic mass is 32.2. The highest BCUT2D eigenvalue weighted by molar-refractivity contribution is 7.89. The summed E-state index contributed by atoms with van der Waals surface area (Å²) in [6.07, 6.45) is 4.16. The lowest BCUT2D eigenvalue weighted by Gasteiger charge is -2.09. The van der Waals surface area contributed by atoms with Crippen molar-refractivity contribution < 1.29 is 8.42 Å². The van der Waals surface area contributed by atoms with Crippen LogP contribution in [0.2, 0.25) is 0 Å². The molecule has 0 spiro atoms. The number of rotatable bonds is 7. The van der Waals surface area contributed by atoms with Gasteiger partial charge in [-0.25, -0.2) is 13.1 Å². The summed E-state index contributed by atoms with van der Waals surface area (Å²) in [6, 6.07) is 16.7. The van der Waals surface area contributed by atoms with E-state index in [1.54, 1.807) is 29.1 Å². The molecule has 8 heteroatoms. The Balaban J connectivity index is 1.41. The Bertz CT molecular complexity index is 1210. The van der Waals surface area contributed by atoms with Crippen LogP contribution >= 0.6 is 0 Å². The van der Waals surface area contributed by atoms with Crippen LogP contribution in [0.5, 0.6) is 0 Å². The Morgan fingerprint density at radius 3 is 2.71 bits per heavy atom. The van der Waals surface area contributed by atoms with Gasteiger partial charge in [0.25, 0.3) is 0 Å². The predicted molar refractivity (Wildman–Crippen MR) is 108 cm³/mol. The van der Waals surface area contributed by atoms with Crippen molar-refractivity contribution in [1.82, 2.24) is 24.3 Å². The Kier molecular flexibility index (Phi) is 4.97. The smallest absolute Gasteiger partial charge is 0.240 e. The maximum Gasteiger partial charge on any atom is 0.240 e. The summed E-state index contributed by atoms with van der Waals surface area (Å²) in [4.78, 5) is 0.246. The molecule has 0 aliphatic heterocycles. The largest absolute Gasteiger partial charge is 0.268 e. The number of hydrogen-bond donors (Lipinski definition) is 1. The molecular weight excluding hydrogens is 374 g/mol. The molecule has 2 aromatic carbocycles. The molecule has 1 N–H and O–H groups in total. The number of benzene rings is 2. The normalized spacial score (nSPS) is 11.9. The summed E-state index contributed by atoms with van der Waals surface area (Å²) in [5.74, 6) is 0. The fraction of sp³-hybridized carbons (Fsp3) is 0.200. The van der Waals surface area contributed by atoms with Crippen molar-refractivity contribution >= 4 is 20.9 Å². The van der Waals surface area contributed by atoms with Gasteiger partial charge in [0.1, 0.15) is 0 Å². The number of nitrogens with one attached hydrogen (secondary N) is 1. The summed E-state index contributed by atoms with van der Waals surface area (Å²) in [7, 11) is -1.75. The number of aryl methyl sites for hydroxylation is 2. The van der Waals surface area contributed by atoms with E-state index in [4.69, 9.17) is 0 Å². The molecule has 0 saturated carbocycles. The summed E-state index contributed by atoms with van der Waals surface area (Å²) >= 11 is 0. The zero-order valence-electron chi connectivity index (χ0n) is 15.5. The molecule has 0 unspecified atom stereocenters. The molecule has 0 bridgehead atoms. The van der Waals surface area contributed by atoms with Crippen molar-refractivity contribution in [3.05, 3.63) is 67.0 Å². The van der Waals surface area contributed by atoms with Crippen LogP contribution in [-0.4, -0.2) is 34.5 Å². The van der Waals surface area contributed by atoms with Gasteiger partial charge in [-0.05, 0) is 30.7 Å². The van der Waals surface area contributed by atoms with Gasteiger partial charge in [-0.15, -0.1) is 0 Å². The van der Waals surface area contributed by atoms with Crippen LogP contribution in [0.15, 0.2) is 71.9 Å². The van der Waals surface area contributed by atoms with Crippen LogP contribution < -0.4 is 4.72 Å². The highest BCUT2D eigenvalue weighted by Crippen LogP contribution is 2.21. The van der Waals surface area contributed by atoms with E-state index in [1.807, 2.05) is 54.3 Å². The number of hydrogen-bond acceptors (Lipinski definition) is 4. The van der Waals surface area contributed by atoms with E-state index in [-0.39, 0.29) is 4.90 Å². The van der Waals surface area contributed by atoms with Crippen LogP contribution in [0.3, 0.4) is 0 Å². The predicted octanol–water partition coefficient (Wildman–Crippen LogP) is 2.81. The van der Waals surface area contributed by atoms with E-state index >= 15 is 0 Å². The molecule has 0 fully saturated rings. The van der Waals surface area contributed by atoms with Gasteiger partial charge in [-0.2, -0.15) is 10.2 Å². The van der Waals surface area contributed by atoms with Crippen LogP contribution in [0, 0.1) is 0 Å². The second-order valence-electron chi connectivity index (χ2n) is 6.55. The number of sulfonamides is 1. The van der Waals surface area contributed by atoms with Gasteiger partial charge in [0.05, 0.1) is 22.3 Å². The molecule has 28 heavy (non-hydrogen) atoms. The quantitative estimate of drug-likeness (QED) is 0.488. The van der Waals surface area contributed by atoms with Crippen molar-refractivity contribution in [2.45, 2.75) is 17.9 Å². The zero-order chi connectivity index (χ0) is 19.6. The molecule has 0 amide bonds. The second kappa shape index (κ2) is 7.57. The van der Waals surface area contributed by atoms with Gasteiger partial charge < -0.3 is 0 Å². The fourth-order valence-electron chi connectivity index (χ4n) is 3.20. The van der Waals surface area contributed by atoms with Crippen LogP contribution in [0.4, 0.5) is 0 Å². The maximum absolute atomic E-state index is 12.7. The summed E-state index contributed by atoms with van der Waals surface area (Å²) < 4.78 is 31.6. The van der Waals surface area contributed by atoms with Crippen LogP contribution in [0.25, 0.3) is 22.2 Å². The number of para-hydroxylation sites is 1. The minimum Gasteiger partial charge on any atom is -0.268 e. The standard InChI is InChI=1S/C20H21N5O2S/c1-24-19(10-12-21-24)16-7-4-8-18(14-16)28(26,27)23-11-5-13-25-20-9-3-2-6-17(20)15-22-25/h2-4,6-10,12,14-15,23H,5,11,13H2,1H3. The molecule has 0 saturated heterocycles. The van der Waals surface area contributed by atoms with Gasteiger partial charge in [0.15, 0.2) is 0 Å². The van der Waals surface area contributed by atoms with Crippen molar-refractivity contribution in [1.29, 1.82) is 0 Å². The molecule has 2 aromatic heterocycles. The van der Waals surface area contributed by atoms with E-state index in [0.29, 0.717) is 19.5 Å². The Hall–Kier alpha value is -2.97. The minimum absolute atomic E-state index is 0.246. The SMILES string of the molecule is Cn1nccc1-c1cccc(S(=O)(=O)NCCCn2ncc3ccccc32)c1.